The SMILES string of the molecule is CCOc1ccc(C(=O)NNC(=O)c2ccc(OCCC(C)C)cc2)cc1. The molecule has 6 nitrogen and oxygen atoms in total. The lowest BCUT2D eigenvalue weighted by atomic mass is 10.1. The van der Waals surface area contributed by atoms with Gasteiger partial charge in [0.1, 0.15) is 11.5 Å². The second-order valence-corrected chi connectivity index (χ2v) is 6.42. The number of nitrogens with one attached hydrogen (secondary N) is 2. The molecule has 2 aromatic carbocycles. The number of carbonyl (C=O) groups is 2. The van der Waals surface area contributed by atoms with Crippen molar-refractivity contribution in [2.45, 2.75) is 27.2 Å². The zero-order valence-electron chi connectivity index (χ0n) is 16.0. The fraction of sp³-hybridized carbons (Fsp3) is 0.333. The van der Waals surface area contributed by atoms with Crippen LogP contribution in [0.25, 0.3) is 0 Å². The third-order valence-corrected chi connectivity index (χ3v) is 3.80. The molecule has 2 rings (SSSR count). The van der Waals surface area contributed by atoms with E-state index in [1.54, 1.807) is 48.5 Å². The van der Waals surface area contributed by atoms with Crippen LogP contribution in [0.4, 0.5) is 0 Å². The lowest BCUT2D eigenvalue weighted by Gasteiger charge is -2.10. The van der Waals surface area contributed by atoms with Crippen LogP contribution in [-0.2, 0) is 0 Å². The first-order chi connectivity index (χ1) is 13.0. The molecule has 0 aliphatic rings. The smallest absolute Gasteiger partial charge is 0.269 e. The van der Waals surface area contributed by atoms with Gasteiger partial charge in [-0.2, -0.15) is 0 Å². The Morgan fingerprint density at radius 1 is 0.815 bits per heavy atom. The second-order valence-electron chi connectivity index (χ2n) is 6.42. The average molecular weight is 370 g/mol. The highest BCUT2D eigenvalue weighted by Gasteiger charge is 2.09. The summed E-state index contributed by atoms with van der Waals surface area (Å²) in [6, 6.07) is 13.5. The van der Waals surface area contributed by atoms with Gasteiger partial charge < -0.3 is 9.47 Å². The van der Waals surface area contributed by atoms with Crippen molar-refractivity contribution in [1.29, 1.82) is 0 Å². The molecule has 0 aliphatic heterocycles. The Balaban J connectivity index is 1.83. The first-order valence-corrected chi connectivity index (χ1v) is 9.06. The van der Waals surface area contributed by atoms with Crippen LogP contribution in [0, 0.1) is 5.92 Å². The summed E-state index contributed by atoms with van der Waals surface area (Å²) in [5, 5.41) is 0. The molecule has 2 aromatic rings. The van der Waals surface area contributed by atoms with E-state index in [9.17, 15) is 9.59 Å². The summed E-state index contributed by atoms with van der Waals surface area (Å²) in [6.07, 6.45) is 0.972. The molecule has 0 aromatic heterocycles. The van der Waals surface area contributed by atoms with Crippen molar-refractivity contribution in [2.75, 3.05) is 13.2 Å². The molecule has 0 spiro atoms. The summed E-state index contributed by atoms with van der Waals surface area (Å²) in [6.45, 7) is 7.36. The zero-order chi connectivity index (χ0) is 19.6. The molecule has 0 heterocycles. The molecule has 0 saturated carbocycles. The van der Waals surface area contributed by atoms with Gasteiger partial charge in [-0.25, -0.2) is 0 Å². The van der Waals surface area contributed by atoms with E-state index in [1.807, 2.05) is 6.92 Å². The Morgan fingerprint density at radius 2 is 1.26 bits per heavy atom. The summed E-state index contributed by atoms with van der Waals surface area (Å²) in [5.41, 5.74) is 5.66. The lowest BCUT2D eigenvalue weighted by molar-refractivity contribution is 0.0846. The van der Waals surface area contributed by atoms with Gasteiger partial charge in [0, 0.05) is 11.1 Å². The van der Waals surface area contributed by atoms with E-state index in [0.29, 0.717) is 41.8 Å². The van der Waals surface area contributed by atoms with Crippen LogP contribution < -0.4 is 20.3 Å². The predicted octanol–water partition coefficient (Wildman–Crippen LogP) is 3.59. The Hall–Kier alpha value is -3.02. The van der Waals surface area contributed by atoms with Crippen molar-refractivity contribution in [2.24, 2.45) is 5.92 Å². The van der Waals surface area contributed by atoms with Gasteiger partial charge in [0.2, 0.25) is 0 Å². The molecule has 0 radical (unpaired) electrons. The fourth-order valence-corrected chi connectivity index (χ4v) is 2.24. The quantitative estimate of drug-likeness (QED) is 0.696. The molecular formula is C21H26N2O4. The maximum absolute atomic E-state index is 12.1. The molecule has 2 N–H and O–H groups in total. The maximum atomic E-state index is 12.1. The number of ether oxygens (including phenoxy) is 2. The third kappa shape index (κ3) is 6.66. The molecule has 0 saturated heterocycles. The molecule has 0 bridgehead atoms. The molecule has 0 unspecified atom stereocenters. The van der Waals surface area contributed by atoms with Crippen LogP contribution in [0.3, 0.4) is 0 Å². The molecular weight excluding hydrogens is 344 g/mol. The van der Waals surface area contributed by atoms with Gasteiger partial charge in [0.05, 0.1) is 13.2 Å². The second kappa shape index (κ2) is 10.2. The summed E-state index contributed by atoms with van der Waals surface area (Å²) in [4.78, 5) is 24.2. The molecule has 27 heavy (non-hydrogen) atoms. The third-order valence-electron chi connectivity index (χ3n) is 3.80. The van der Waals surface area contributed by atoms with Gasteiger partial charge >= 0.3 is 0 Å². The van der Waals surface area contributed by atoms with Crippen molar-refractivity contribution in [3.63, 3.8) is 0 Å². The van der Waals surface area contributed by atoms with E-state index in [1.165, 1.54) is 0 Å². The maximum Gasteiger partial charge on any atom is 0.269 e. The van der Waals surface area contributed by atoms with E-state index >= 15 is 0 Å². The Morgan fingerprint density at radius 3 is 1.67 bits per heavy atom. The largest absolute Gasteiger partial charge is 0.494 e. The van der Waals surface area contributed by atoms with Crippen molar-refractivity contribution in [1.82, 2.24) is 10.9 Å². The van der Waals surface area contributed by atoms with E-state index in [-0.39, 0.29) is 0 Å². The van der Waals surface area contributed by atoms with Crippen LogP contribution in [0.15, 0.2) is 48.5 Å². The van der Waals surface area contributed by atoms with E-state index < -0.39 is 11.8 Å². The van der Waals surface area contributed by atoms with Crippen LogP contribution in [0.2, 0.25) is 0 Å². The summed E-state index contributed by atoms with van der Waals surface area (Å²) < 4.78 is 11.0. The van der Waals surface area contributed by atoms with E-state index in [2.05, 4.69) is 24.7 Å². The number of benzene rings is 2. The first kappa shape index (κ1) is 20.3. The van der Waals surface area contributed by atoms with Crippen LogP contribution >= 0.6 is 0 Å². The van der Waals surface area contributed by atoms with Crippen molar-refractivity contribution >= 4 is 11.8 Å². The molecule has 144 valence electrons. The molecule has 0 atom stereocenters. The Labute approximate surface area is 159 Å². The monoisotopic (exact) mass is 370 g/mol. The van der Waals surface area contributed by atoms with Gasteiger partial charge in [0.15, 0.2) is 0 Å². The van der Waals surface area contributed by atoms with Crippen LogP contribution in [0.5, 0.6) is 11.5 Å². The van der Waals surface area contributed by atoms with E-state index in [4.69, 9.17) is 9.47 Å². The number of carbonyl (C=O) groups excluding carboxylic acids is 2. The van der Waals surface area contributed by atoms with Gasteiger partial charge in [-0.15, -0.1) is 0 Å². The number of hydrogen-bond acceptors (Lipinski definition) is 4. The minimum atomic E-state index is -0.403. The van der Waals surface area contributed by atoms with Crippen molar-refractivity contribution in [3.05, 3.63) is 59.7 Å². The van der Waals surface area contributed by atoms with Crippen LogP contribution in [0.1, 0.15) is 47.9 Å². The topological polar surface area (TPSA) is 76.7 Å². The highest BCUT2D eigenvalue weighted by Crippen LogP contribution is 2.14. The lowest BCUT2D eigenvalue weighted by Crippen LogP contribution is -2.41. The number of rotatable bonds is 8. The highest BCUT2D eigenvalue weighted by molar-refractivity contribution is 5.99. The average Bonchev–Trinajstić information content (AvgIpc) is 2.67. The van der Waals surface area contributed by atoms with Crippen molar-refractivity contribution < 1.29 is 19.1 Å². The van der Waals surface area contributed by atoms with Crippen molar-refractivity contribution in [3.8, 4) is 11.5 Å². The number of amides is 2. The summed E-state index contributed by atoms with van der Waals surface area (Å²) in [5.74, 6) is 1.18. The Bertz CT molecular complexity index is 740. The summed E-state index contributed by atoms with van der Waals surface area (Å²) in [7, 11) is 0. The Kier molecular flexibility index (Phi) is 7.67. The van der Waals surface area contributed by atoms with Gasteiger partial charge in [0.25, 0.3) is 11.8 Å². The van der Waals surface area contributed by atoms with E-state index in [0.717, 1.165) is 6.42 Å². The number of hydrazine groups is 1. The van der Waals surface area contributed by atoms with Crippen LogP contribution in [-0.4, -0.2) is 25.0 Å². The predicted molar refractivity (Wildman–Crippen MR) is 104 cm³/mol. The molecule has 6 heteroatoms. The minimum absolute atomic E-state index is 0.400. The molecule has 0 aliphatic carbocycles. The fourth-order valence-electron chi connectivity index (χ4n) is 2.24. The number of hydrogen-bond donors (Lipinski definition) is 2. The zero-order valence-corrected chi connectivity index (χ0v) is 16.0. The van der Waals surface area contributed by atoms with Gasteiger partial charge in [-0.3, -0.25) is 20.4 Å². The molecule has 0 fully saturated rings. The first-order valence-electron chi connectivity index (χ1n) is 9.06. The highest BCUT2D eigenvalue weighted by atomic mass is 16.5. The molecule has 2 amide bonds. The normalized spacial score (nSPS) is 10.4. The van der Waals surface area contributed by atoms with Gasteiger partial charge in [-0.1, -0.05) is 13.8 Å². The van der Waals surface area contributed by atoms with Gasteiger partial charge in [-0.05, 0) is 67.8 Å². The standard InChI is InChI=1S/C21H26N2O4/c1-4-26-18-9-5-16(6-10-18)20(24)22-23-21(25)17-7-11-19(12-8-17)27-14-13-15(2)3/h5-12,15H,4,13-14H2,1-3H3,(H,22,24)(H,23,25). The minimum Gasteiger partial charge on any atom is -0.494 e. The summed E-state index contributed by atoms with van der Waals surface area (Å²) >= 11 is 0.